The minimum Gasteiger partial charge on any atom is -0.494 e. The Hall–Kier alpha value is -1.62. The number of methoxy groups -OCH3 is 1. The Labute approximate surface area is 92.6 Å². The second kappa shape index (κ2) is 3.75. The zero-order valence-corrected chi connectivity index (χ0v) is 8.92. The molecule has 1 aliphatic carbocycles. The molecule has 1 fully saturated rings. The van der Waals surface area contributed by atoms with Crippen molar-refractivity contribution >= 4 is 5.91 Å². The van der Waals surface area contributed by atoms with Crippen LogP contribution < -0.4 is 16.0 Å². The van der Waals surface area contributed by atoms with Gasteiger partial charge in [0.05, 0.1) is 12.5 Å². The maximum atomic E-state index is 13.5. The summed E-state index contributed by atoms with van der Waals surface area (Å²) in [5, 5.41) is 0. The number of carbonyl (C=O) groups is 1. The molecule has 0 radical (unpaired) electrons. The highest BCUT2D eigenvalue weighted by atomic mass is 19.1. The van der Waals surface area contributed by atoms with Crippen LogP contribution in [0.2, 0.25) is 0 Å². The molecule has 2 rings (SSSR count). The first kappa shape index (κ1) is 10.9. The van der Waals surface area contributed by atoms with Crippen molar-refractivity contribution in [2.75, 3.05) is 7.11 Å². The van der Waals surface area contributed by atoms with Gasteiger partial charge >= 0.3 is 0 Å². The molecule has 5 heteroatoms. The van der Waals surface area contributed by atoms with Gasteiger partial charge in [-0.25, -0.2) is 10.2 Å². The van der Waals surface area contributed by atoms with Crippen LogP contribution in [0, 0.1) is 5.82 Å². The lowest BCUT2D eigenvalue weighted by Gasteiger charge is -2.14. The molecular weight excluding hydrogens is 211 g/mol. The Morgan fingerprint density at radius 2 is 2.25 bits per heavy atom. The van der Waals surface area contributed by atoms with Gasteiger partial charge in [0.25, 0.3) is 0 Å². The summed E-state index contributed by atoms with van der Waals surface area (Å²) in [7, 11) is 1.40. The Bertz CT molecular complexity index is 430. The molecule has 0 heterocycles. The Kier molecular flexibility index (Phi) is 2.55. The van der Waals surface area contributed by atoms with Crippen molar-refractivity contribution in [1.29, 1.82) is 0 Å². The highest BCUT2D eigenvalue weighted by Crippen LogP contribution is 2.48. The number of nitrogens with one attached hydrogen (secondary N) is 1. The third kappa shape index (κ3) is 1.53. The lowest BCUT2D eigenvalue weighted by Crippen LogP contribution is -2.39. The standard InChI is InChI=1S/C11H13FN2O2/c1-16-9-3-2-7(6-8(9)12)11(4-5-11)10(15)14-13/h2-3,6H,4-5,13H2,1H3,(H,14,15). The van der Waals surface area contributed by atoms with Crippen LogP contribution in [0.15, 0.2) is 18.2 Å². The smallest absolute Gasteiger partial charge is 0.244 e. The normalized spacial score (nSPS) is 16.7. The van der Waals surface area contributed by atoms with Crippen LogP contribution in [-0.2, 0) is 10.2 Å². The number of hydrogen-bond acceptors (Lipinski definition) is 3. The second-order valence-corrected chi connectivity index (χ2v) is 3.90. The lowest BCUT2D eigenvalue weighted by atomic mass is 9.95. The van der Waals surface area contributed by atoms with Gasteiger partial charge in [-0.3, -0.25) is 10.2 Å². The molecule has 0 unspecified atom stereocenters. The van der Waals surface area contributed by atoms with Crippen molar-refractivity contribution in [1.82, 2.24) is 5.43 Å². The number of carbonyl (C=O) groups excluding carboxylic acids is 1. The maximum absolute atomic E-state index is 13.5. The van der Waals surface area contributed by atoms with Gasteiger partial charge in [0, 0.05) is 0 Å². The summed E-state index contributed by atoms with van der Waals surface area (Å²) in [6, 6.07) is 4.56. The first-order valence-electron chi connectivity index (χ1n) is 4.99. The number of halogens is 1. The van der Waals surface area contributed by atoms with Crippen LogP contribution in [-0.4, -0.2) is 13.0 Å². The van der Waals surface area contributed by atoms with Gasteiger partial charge in [-0.15, -0.1) is 0 Å². The van der Waals surface area contributed by atoms with Crippen LogP contribution >= 0.6 is 0 Å². The lowest BCUT2D eigenvalue weighted by molar-refractivity contribution is -0.123. The first-order valence-corrected chi connectivity index (χ1v) is 4.99. The van der Waals surface area contributed by atoms with E-state index in [0.29, 0.717) is 18.4 Å². The average molecular weight is 224 g/mol. The van der Waals surface area contributed by atoms with Crippen LogP contribution in [0.3, 0.4) is 0 Å². The fourth-order valence-corrected chi connectivity index (χ4v) is 1.87. The molecule has 16 heavy (non-hydrogen) atoms. The summed E-state index contributed by atoms with van der Waals surface area (Å²) in [6.07, 6.45) is 1.39. The number of benzene rings is 1. The third-order valence-corrected chi connectivity index (χ3v) is 3.02. The minimum atomic E-state index is -0.637. The molecule has 1 saturated carbocycles. The van der Waals surface area contributed by atoms with E-state index >= 15 is 0 Å². The van der Waals surface area contributed by atoms with E-state index in [2.05, 4.69) is 5.43 Å². The molecule has 1 aliphatic rings. The fourth-order valence-electron chi connectivity index (χ4n) is 1.87. The van der Waals surface area contributed by atoms with Crippen molar-refractivity contribution in [3.8, 4) is 5.75 Å². The summed E-state index contributed by atoms with van der Waals surface area (Å²) in [5.74, 6) is 4.56. The van der Waals surface area contributed by atoms with Crippen molar-refractivity contribution < 1.29 is 13.9 Å². The summed E-state index contributed by atoms with van der Waals surface area (Å²) in [6.45, 7) is 0. The summed E-state index contributed by atoms with van der Waals surface area (Å²) < 4.78 is 18.3. The van der Waals surface area contributed by atoms with Crippen LogP contribution in [0.5, 0.6) is 5.75 Å². The van der Waals surface area contributed by atoms with Gasteiger partial charge in [-0.1, -0.05) is 6.07 Å². The highest BCUT2D eigenvalue weighted by Gasteiger charge is 2.51. The molecule has 1 aromatic rings. The van der Waals surface area contributed by atoms with Gasteiger partial charge < -0.3 is 4.74 Å². The topological polar surface area (TPSA) is 64.3 Å². The molecule has 0 bridgehead atoms. The maximum Gasteiger partial charge on any atom is 0.244 e. The summed E-state index contributed by atoms with van der Waals surface area (Å²) in [5.41, 5.74) is 2.13. The fraction of sp³-hybridized carbons (Fsp3) is 0.364. The van der Waals surface area contributed by atoms with Gasteiger partial charge in [-0.2, -0.15) is 0 Å². The predicted molar refractivity (Wildman–Crippen MR) is 56.2 cm³/mol. The van der Waals surface area contributed by atoms with Gasteiger partial charge in [-0.05, 0) is 30.5 Å². The molecule has 86 valence electrons. The van der Waals surface area contributed by atoms with Crippen molar-refractivity contribution in [2.24, 2.45) is 5.84 Å². The molecule has 0 atom stereocenters. The highest BCUT2D eigenvalue weighted by molar-refractivity contribution is 5.90. The second-order valence-electron chi connectivity index (χ2n) is 3.90. The van der Waals surface area contributed by atoms with Crippen molar-refractivity contribution in [3.05, 3.63) is 29.6 Å². The van der Waals surface area contributed by atoms with Gasteiger partial charge in [0.15, 0.2) is 11.6 Å². The molecule has 1 aromatic carbocycles. The van der Waals surface area contributed by atoms with Crippen molar-refractivity contribution in [3.63, 3.8) is 0 Å². The number of nitrogens with two attached hydrogens (primary N) is 1. The van der Waals surface area contributed by atoms with E-state index in [1.165, 1.54) is 19.2 Å². The predicted octanol–water partition coefficient (Wildman–Crippen LogP) is 0.856. The van der Waals surface area contributed by atoms with E-state index in [1.807, 2.05) is 0 Å². The Balaban J connectivity index is 2.35. The molecule has 4 nitrogen and oxygen atoms in total. The van der Waals surface area contributed by atoms with E-state index in [4.69, 9.17) is 10.6 Å². The minimum absolute atomic E-state index is 0.174. The average Bonchev–Trinajstić information content (AvgIpc) is 3.09. The molecule has 0 spiro atoms. The third-order valence-electron chi connectivity index (χ3n) is 3.02. The summed E-state index contributed by atoms with van der Waals surface area (Å²) >= 11 is 0. The zero-order chi connectivity index (χ0) is 11.8. The van der Waals surface area contributed by atoms with E-state index in [-0.39, 0.29) is 11.7 Å². The van der Waals surface area contributed by atoms with Crippen molar-refractivity contribution in [2.45, 2.75) is 18.3 Å². The van der Waals surface area contributed by atoms with Crippen LogP contribution in [0.4, 0.5) is 4.39 Å². The molecule has 0 saturated heterocycles. The molecule has 0 aliphatic heterocycles. The Morgan fingerprint density at radius 3 is 2.69 bits per heavy atom. The van der Waals surface area contributed by atoms with Crippen LogP contribution in [0.25, 0.3) is 0 Å². The monoisotopic (exact) mass is 224 g/mol. The zero-order valence-electron chi connectivity index (χ0n) is 8.92. The largest absolute Gasteiger partial charge is 0.494 e. The molecule has 1 amide bonds. The molecule has 0 aromatic heterocycles. The summed E-state index contributed by atoms with van der Waals surface area (Å²) in [4.78, 5) is 11.6. The van der Waals surface area contributed by atoms with Gasteiger partial charge in [0.1, 0.15) is 0 Å². The first-order chi connectivity index (χ1) is 7.64. The SMILES string of the molecule is COc1ccc(C2(C(=O)NN)CC2)cc1F. The number of ether oxygens (including phenoxy) is 1. The van der Waals surface area contributed by atoms with E-state index in [9.17, 15) is 9.18 Å². The number of hydrazine groups is 1. The molecular formula is C11H13FN2O2. The van der Waals surface area contributed by atoms with Gasteiger partial charge in [0.2, 0.25) is 5.91 Å². The Morgan fingerprint density at radius 1 is 1.56 bits per heavy atom. The number of rotatable bonds is 3. The van der Waals surface area contributed by atoms with Crippen LogP contribution in [0.1, 0.15) is 18.4 Å². The quantitative estimate of drug-likeness (QED) is 0.454. The van der Waals surface area contributed by atoms with E-state index < -0.39 is 11.2 Å². The van der Waals surface area contributed by atoms with E-state index in [0.717, 1.165) is 0 Å². The number of hydrogen-bond donors (Lipinski definition) is 2. The number of amides is 1. The van der Waals surface area contributed by atoms with E-state index in [1.54, 1.807) is 6.07 Å². The molecule has 3 N–H and O–H groups in total.